The van der Waals surface area contributed by atoms with Gasteiger partial charge in [0.1, 0.15) is 5.82 Å². The molecule has 20 heavy (non-hydrogen) atoms. The molecule has 1 atom stereocenters. The molecule has 0 saturated carbocycles. The summed E-state index contributed by atoms with van der Waals surface area (Å²) in [7, 11) is 0. The quantitative estimate of drug-likeness (QED) is 0.904. The van der Waals surface area contributed by atoms with E-state index < -0.39 is 0 Å². The highest BCUT2D eigenvalue weighted by Crippen LogP contribution is 2.14. The molecule has 0 aromatic heterocycles. The molecule has 1 unspecified atom stereocenters. The van der Waals surface area contributed by atoms with Gasteiger partial charge >= 0.3 is 0 Å². The van der Waals surface area contributed by atoms with Crippen molar-refractivity contribution in [3.63, 3.8) is 0 Å². The molecule has 0 bridgehead atoms. The van der Waals surface area contributed by atoms with Crippen LogP contribution in [0.5, 0.6) is 0 Å². The van der Waals surface area contributed by atoms with E-state index in [0.29, 0.717) is 26.1 Å². The summed E-state index contributed by atoms with van der Waals surface area (Å²) in [5.74, 6) is -0.344. The van der Waals surface area contributed by atoms with E-state index in [2.05, 4.69) is 0 Å². The van der Waals surface area contributed by atoms with E-state index in [1.807, 2.05) is 6.92 Å². The number of morpholine rings is 1. The molecule has 4 nitrogen and oxygen atoms in total. The number of carbonyl (C=O) groups is 1. The summed E-state index contributed by atoms with van der Waals surface area (Å²) in [5, 5.41) is 8.92. The number of aliphatic hydroxyl groups is 1. The van der Waals surface area contributed by atoms with E-state index in [9.17, 15) is 9.18 Å². The Morgan fingerprint density at radius 1 is 1.55 bits per heavy atom. The van der Waals surface area contributed by atoms with Crippen LogP contribution in [0.25, 0.3) is 0 Å². The monoisotopic (exact) mass is 281 g/mol. The first kappa shape index (κ1) is 14.9. The van der Waals surface area contributed by atoms with Gasteiger partial charge in [-0.1, -0.05) is 6.07 Å². The lowest BCUT2D eigenvalue weighted by atomic mass is 10.0. The van der Waals surface area contributed by atoms with Crippen molar-refractivity contribution < 1.29 is 19.0 Å². The normalized spacial score (nSPS) is 19.1. The van der Waals surface area contributed by atoms with Gasteiger partial charge in [0.25, 0.3) is 0 Å². The lowest BCUT2D eigenvalue weighted by Crippen LogP contribution is -2.46. The van der Waals surface area contributed by atoms with Gasteiger partial charge in [0.2, 0.25) is 5.91 Å². The van der Waals surface area contributed by atoms with E-state index >= 15 is 0 Å². The number of hydrogen-bond acceptors (Lipinski definition) is 3. The molecule has 110 valence electrons. The lowest BCUT2D eigenvalue weighted by molar-refractivity contribution is -0.138. The van der Waals surface area contributed by atoms with Gasteiger partial charge in [0, 0.05) is 19.7 Å². The van der Waals surface area contributed by atoms with Gasteiger partial charge < -0.3 is 14.7 Å². The zero-order chi connectivity index (χ0) is 14.5. The van der Waals surface area contributed by atoms with Gasteiger partial charge in [-0.15, -0.1) is 0 Å². The van der Waals surface area contributed by atoms with Crippen LogP contribution in [-0.2, 0) is 16.0 Å². The molecule has 0 aliphatic carbocycles. The summed E-state index contributed by atoms with van der Waals surface area (Å²) in [6.07, 6.45) is 0.629. The maximum Gasteiger partial charge on any atom is 0.227 e. The van der Waals surface area contributed by atoms with E-state index in [4.69, 9.17) is 9.84 Å². The second kappa shape index (κ2) is 6.81. The summed E-state index contributed by atoms with van der Waals surface area (Å²) in [6.45, 7) is 3.45. The Bertz CT molecular complexity index is 476. The number of benzene rings is 1. The Morgan fingerprint density at radius 3 is 3.10 bits per heavy atom. The first-order valence-corrected chi connectivity index (χ1v) is 6.85. The van der Waals surface area contributed by atoms with Gasteiger partial charge in [-0.25, -0.2) is 4.39 Å². The highest BCUT2D eigenvalue weighted by Gasteiger charge is 2.24. The number of carbonyl (C=O) groups excluding carboxylic acids is 1. The van der Waals surface area contributed by atoms with Crippen LogP contribution >= 0.6 is 0 Å². The number of aliphatic hydroxyl groups excluding tert-OH is 1. The molecule has 1 aromatic rings. The minimum Gasteiger partial charge on any atom is -0.396 e. The second-order valence-corrected chi connectivity index (χ2v) is 5.09. The largest absolute Gasteiger partial charge is 0.396 e. The molecule has 1 heterocycles. The summed E-state index contributed by atoms with van der Waals surface area (Å²) >= 11 is 0. The molecule has 1 aliphatic heterocycles. The maximum absolute atomic E-state index is 13.2. The smallest absolute Gasteiger partial charge is 0.227 e. The third-order valence-corrected chi connectivity index (χ3v) is 3.60. The zero-order valence-electron chi connectivity index (χ0n) is 11.6. The molecule has 2 rings (SSSR count). The highest BCUT2D eigenvalue weighted by atomic mass is 19.1. The first-order valence-electron chi connectivity index (χ1n) is 6.85. The van der Waals surface area contributed by atoms with Crippen LogP contribution in [0.3, 0.4) is 0 Å². The standard InChI is InChI=1S/C15H20FNO3/c1-11-2-3-13(16)8-12(11)9-15(19)17-5-7-20-14(10-17)4-6-18/h2-3,8,14,18H,4-7,9-10H2,1H3. The van der Waals surface area contributed by atoms with Crippen molar-refractivity contribution in [1.82, 2.24) is 4.90 Å². The molecule has 0 radical (unpaired) electrons. The van der Waals surface area contributed by atoms with Crippen LogP contribution in [0.2, 0.25) is 0 Å². The molecule has 1 saturated heterocycles. The summed E-state index contributed by atoms with van der Waals surface area (Å²) in [4.78, 5) is 14.0. The fourth-order valence-corrected chi connectivity index (χ4v) is 2.37. The van der Waals surface area contributed by atoms with Crippen molar-refractivity contribution in [2.75, 3.05) is 26.3 Å². The number of ether oxygens (including phenoxy) is 1. The molecule has 1 N–H and O–H groups in total. The summed E-state index contributed by atoms with van der Waals surface area (Å²) in [6, 6.07) is 4.50. The minimum absolute atomic E-state index is 0.0232. The van der Waals surface area contributed by atoms with Crippen LogP contribution in [0, 0.1) is 12.7 Å². The predicted molar refractivity (Wildman–Crippen MR) is 72.9 cm³/mol. The summed E-state index contributed by atoms with van der Waals surface area (Å²) < 4.78 is 18.7. The van der Waals surface area contributed by atoms with Crippen LogP contribution in [0.4, 0.5) is 4.39 Å². The number of hydrogen-bond donors (Lipinski definition) is 1. The van der Waals surface area contributed by atoms with Crippen molar-refractivity contribution in [2.45, 2.75) is 25.9 Å². The average Bonchev–Trinajstić information content (AvgIpc) is 2.43. The van der Waals surface area contributed by atoms with Gasteiger partial charge in [-0.05, 0) is 36.6 Å². The van der Waals surface area contributed by atoms with Gasteiger partial charge in [-0.3, -0.25) is 4.79 Å². The van der Waals surface area contributed by atoms with Crippen LogP contribution in [0.1, 0.15) is 17.5 Å². The fraction of sp³-hybridized carbons (Fsp3) is 0.533. The Morgan fingerprint density at radius 2 is 2.35 bits per heavy atom. The summed E-state index contributed by atoms with van der Waals surface area (Å²) in [5.41, 5.74) is 1.64. The second-order valence-electron chi connectivity index (χ2n) is 5.09. The Kier molecular flexibility index (Phi) is 5.09. The molecular formula is C15H20FNO3. The molecule has 5 heteroatoms. The SMILES string of the molecule is Cc1ccc(F)cc1CC(=O)N1CCOC(CCO)C1. The Labute approximate surface area is 118 Å². The molecule has 0 spiro atoms. The van der Waals surface area contributed by atoms with E-state index in [-0.39, 0.29) is 30.9 Å². The molecule has 1 aliphatic rings. The van der Waals surface area contributed by atoms with E-state index in [1.165, 1.54) is 12.1 Å². The number of amides is 1. The average molecular weight is 281 g/mol. The zero-order valence-corrected chi connectivity index (χ0v) is 11.6. The third-order valence-electron chi connectivity index (χ3n) is 3.60. The Hall–Kier alpha value is -1.46. The third kappa shape index (κ3) is 3.77. The van der Waals surface area contributed by atoms with Gasteiger partial charge in [0.15, 0.2) is 0 Å². The molecule has 1 fully saturated rings. The number of nitrogens with zero attached hydrogens (tertiary/aromatic N) is 1. The van der Waals surface area contributed by atoms with Gasteiger partial charge in [0.05, 0.1) is 19.1 Å². The van der Waals surface area contributed by atoms with Crippen molar-refractivity contribution in [1.29, 1.82) is 0 Å². The predicted octanol–water partition coefficient (Wildman–Crippen LogP) is 1.29. The minimum atomic E-state index is -0.321. The first-order chi connectivity index (χ1) is 9.60. The maximum atomic E-state index is 13.2. The Balaban J connectivity index is 1.99. The van der Waals surface area contributed by atoms with E-state index in [0.717, 1.165) is 11.1 Å². The van der Waals surface area contributed by atoms with Crippen LogP contribution in [0.15, 0.2) is 18.2 Å². The van der Waals surface area contributed by atoms with Crippen LogP contribution in [-0.4, -0.2) is 48.3 Å². The highest BCUT2D eigenvalue weighted by molar-refractivity contribution is 5.79. The fourth-order valence-electron chi connectivity index (χ4n) is 2.37. The molecule has 1 aromatic carbocycles. The van der Waals surface area contributed by atoms with Crippen molar-refractivity contribution in [3.8, 4) is 0 Å². The number of aryl methyl sites for hydroxylation is 1. The van der Waals surface area contributed by atoms with Crippen molar-refractivity contribution in [2.24, 2.45) is 0 Å². The van der Waals surface area contributed by atoms with Gasteiger partial charge in [-0.2, -0.15) is 0 Å². The lowest BCUT2D eigenvalue weighted by Gasteiger charge is -2.33. The topological polar surface area (TPSA) is 49.8 Å². The molecular weight excluding hydrogens is 261 g/mol. The number of rotatable bonds is 4. The van der Waals surface area contributed by atoms with Crippen LogP contribution < -0.4 is 0 Å². The van der Waals surface area contributed by atoms with E-state index in [1.54, 1.807) is 11.0 Å². The van der Waals surface area contributed by atoms with Crippen molar-refractivity contribution in [3.05, 3.63) is 35.1 Å². The molecule has 1 amide bonds. The number of halogens is 1. The van der Waals surface area contributed by atoms with Crippen molar-refractivity contribution >= 4 is 5.91 Å².